The molecule has 0 spiro atoms. The standard InChI is InChI=1S/C24H29NO/c1-4-9-20(5-2)18-25(3)17-16-24(19-26)23-14-12-22(13-15-23)21-10-7-6-8-11-21/h4-15,24,26H,1-2,16-19H2,3H3/b20-9+. The summed E-state index contributed by atoms with van der Waals surface area (Å²) in [5.74, 6) is 0.151. The van der Waals surface area contributed by atoms with Gasteiger partial charge in [-0.1, -0.05) is 86.0 Å². The summed E-state index contributed by atoms with van der Waals surface area (Å²) in [5.41, 5.74) is 4.75. The summed E-state index contributed by atoms with van der Waals surface area (Å²) in [6, 6.07) is 18.9. The van der Waals surface area contributed by atoms with Crippen LogP contribution in [0.15, 0.2) is 91.6 Å². The summed E-state index contributed by atoms with van der Waals surface area (Å²) < 4.78 is 0. The van der Waals surface area contributed by atoms with E-state index in [0.717, 1.165) is 25.1 Å². The minimum Gasteiger partial charge on any atom is -0.396 e. The number of rotatable bonds is 10. The number of benzene rings is 2. The molecule has 0 fully saturated rings. The van der Waals surface area contributed by atoms with E-state index in [2.05, 4.69) is 61.5 Å². The van der Waals surface area contributed by atoms with Crippen molar-refractivity contribution in [3.05, 3.63) is 97.1 Å². The van der Waals surface area contributed by atoms with E-state index in [0.29, 0.717) is 0 Å². The van der Waals surface area contributed by atoms with Gasteiger partial charge in [-0.15, -0.1) is 0 Å². The molecule has 0 saturated carbocycles. The fourth-order valence-electron chi connectivity index (χ4n) is 3.05. The first-order valence-electron chi connectivity index (χ1n) is 9.06. The molecule has 2 aromatic carbocycles. The first-order chi connectivity index (χ1) is 12.7. The van der Waals surface area contributed by atoms with Crippen molar-refractivity contribution in [1.82, 2.24) is 4.90 Å². The van der Waals surface area contributed by atoms with E-state index in [1.807, 2.05) is 30.4 Å². The Bertz CT molecular complexity index is 716. The summed E-state index contributed by atoms with van der Waals surface area (Å²) in [5, 5.41) is 9.83. The van der Waals surface area contributed by atoms with Crippen LogP contribution in [0.3, 0.4) is 0 Å². The number of aliphatic hydroxyl groups excluding tert-OH is 1. The quantitative estimate of drug-likeness (QED) is 0.608. The van der Waals surface area contributed by atoms with E-state index >= 15 is 0 Å². The zero-order chi connectivity index (χ0) is 18.8. The van der Waals surface area contributed by atoms with Crippen LogP contribution < -0.4 is 0 Å². The molecule has 0 aliphatic heterocycles. The highest BCUT2D eigenvalue weighted by Crippen LogP contribution is 2.24. The van der Waals surface area contributed by atoms with Crippen molar-refractivity contribution in [1.29, 1.82) is 0 Å². The highest BCUT2D eigenvalue weighted by Gasteiger charge is 2.12. The lowest BCUT2D eigenvalue weighted by Gasteiger charge is -2.21. The molecule has 0 aliphatic rings. The van der Waals surface area contributed by atoms with Crippen LogP contribution in [0.25, 0.3) is 11.1 Å². The highest BCUT2D eigenvalue weighted by molar-refractivity contribution is 5.63. The fourth-order valence-corrected chi connectivity index (χ4v) is 3.05. The molecule has 0 heterocycles. The molecule has 26 heavy (non-hydrogen) atoms. The third kappa shape index (κ3) is 5.83. The number of hydrogen-bond donors (Lipinski definition) is 1. The molecule has 0 radical (unpaired) electrons. The monoisotopic (exact) mass is 347 g/mol. The van der Waals surface area contributed by atoms with E-state index in [1.54, 1.807) is 6.08 Å². The molecule has 0 saturated heterocycles. The van der Waals surface area contributed by atoms with Gasteiger partial charge in [0.1, 0.15) is 0 Å². The lowest BCUT2D eigenvalue weighted by molar-refractivity contribution is 0.243. The van der Waals surface area contributed by atoms with E-state index in [1.165, 1.54) is 16.7 Å². The van der Waals surface area contributed by atoms with Crippen LogP contribution in [0.1, 0.15) is 17.9 Å². The molecular weight excluding hydrogens is 318 g/mol. The van der Waals surface area contributed by atoms with Crippen LogP contribution in [0, 0.1) is 0 Å². The number of aliphatic hydroxyl groups is 1. The summed E-state index contributed by atoms with van der Waals surface area (Å²) >= 11 is 0. The Labute approximate surface area is 157 Å². The van der Waals surface area contributed by atoms with Gasteiger partial charge < -0.3 is 10.0 Å². The van der Waals surface area contributed by atoms with Crippen molar-refractivity contribution in [3.63, 3.8) is 0 Å². The average Bonchev–Trinajstić information content (AvgIpc) is 2.69. The number of likely N-dealkylation sites (N-methyl/N-ethyl adjacent to an activating group) is 1. The maximum atomic E-state index is 9.83. The second-order valence-corrected chi connectivity index (χ2v) is 6.58. The predicted molar refractivity (Wildman–Crippen MR) is 112 cm³/mol. The van der Waals surface area contributed by atoms with Gasteiger partial charge in [0.25, 0.3) is 0 Å². The lowest BCUT2D eigenvalue weighted by Crippen LogP contribution is -2.24. The van der Waals surface area contributed by atoms with Crippen molar-refractivity contribution in [3.8, 4) is 11.1 Å². The van der Waals surface area contributed by atoms with Gasteiger partial charge in [0.05, 0.1) is 0 Å². The topological polar surface area (TPSA) is 23.5 Å². The lowest BCUT2D eigenvalue weighted by atomic mass is 9.94. The summed E-state index contributed by atoms with van der Waals surface area (Å²) in [7, 11) is 2.09. The molecule has 2 rings (SSSR count). The van der Waals surface area contributed by atoms with Gasteiger partial charge in [-0.05, 0) is 42.3 Å². The molecule has 136 valence electrons. The molecule has 0 bridgehead atoms. The number of nitrogens with zero attached hydrogens (tertiary/aromatic N) is 1. The molecule has 2 aromatic rings. The highest BCUT2D eigenvalue weighted by atomic mass is 16.3. The van der Waals surface area contributed by atoms with Crippen molar-refractivity contribution in [2.45, 2.75) is 12.3 Å². The Morgan fingerprint density at radius 3 is 2.27 bits per heavy atom. The Morgan fingerprint density at radius 1 is 1.04 bits per heavy atom. The van der Waals surface area contributed by atoms with Gasteiger partial charge in [-0.2, -0.15) is 0 Å². The number of allylic oxidation sites excluding steroid dienone is 2. The van der Waals surface area contributed by atoms with E-state index in [9.17, 15) is 5.11 Å². The van der Waals surface area contributed by atoms with E-state index in [4.69, 9.17) is 0 Å². The van der Waals surface area contributed by atoms with Crippen LogP contribution in [-0.4, -0.2) is 36.8 Å². The van der Waals surface area contributed by atoms with Crippen molar-refractivity contribution in [2.75, 3.05) is 26.7 Å². The number of hydrogen-bond acceptors (Lipinski definition) is 2. The van der Waals surface area contributed by atoms with Crippen molar-refractivity contribution >= 4 is 0 Å². The maximum absolute atomic E-state index is 9.83. The Morgan fingerprint density at radius 2 is 1.69 bits per heavy atom. The van der Waals surface area contributed by atoms with Crippen LogP contribution in [0.4, 0.5) is 0 Å². The van der Waals surface area contributed by atoms with E-state index < -0.39 is 0 Å². The Hall–Kier alpha value is -2.42. The third-order valence-corrected chi connectivity index (χ3v) is 4.62. The Balaban J connectivity index is 1.97. The van der Waals surface area contributed by atoms with Gasteiger partial charge in [0, 0.05) is 19.1 Å². The fraction of sp³-hybridized carbons (Fsp3) is 0.250. The zero-order valence-corrected chi connectivity index (χ0v) is 15.6. The minimum atomic E-state index is 0.151. The summed E-state index contributed by atoms with van der Waals surface area (Å²) in [4.78, 5) is 2.25. The smallest absolute Gasteiger partial charge is 0.0500 e. The predicted octanol–water partition coefficient (Wildman–Crippen LogP) is 5.05. The molecular formula is C24H29NO. The Kier molecular flexibility index (Phi) is 8.07. The largest absolute Gasteiger partial charge is 0.396 e. The summed E-state index contributed by atoms with van der Waals surface area (Å²) in [6.07, 6.45) is 6.55. The summed E-state index contributed by atoms with van der Waals surface area (Å²) in [6.45, 7) is 9.48. The first kappa shape index (κ1) is 19.9. The van der Waals surface area contributed by atoms with Gasteiger partial charge in [-0.25, -0.2) is 0 Å². The molecule has 1 unspecified atom stereocenters. The van der Waals surface area contributed by atoms with Crippen LogP contribution in [-0.2, 0) is 0 Å². The zero-order valence-electron chi connectivity index (χ0n) is 15.6. The molecule has 0 aromatic heterocycles. The van der Waals surface area contributed by atoms with Crippen LogP contribution >= 0.6 is 0 Å². The van der Waals surface area contributed by atoms with E-state index in [-0.39, 0.29) is 12.5 Å². The molecule has 0 aliphatic carbocycles. The molecule has 1 atom stereocenters. The average molecular weight is 348 g/mol. The van der Waals surface area contributed by atoms with Crippen molar-refractivity contribution < 1.29 is 5.11 Å². The third-order valence-electron chi connectivity index (χ3n) is 4.62. The maximum Gasteiger partial charge on any atom is 0.0500 e. The normalized spacial score (nSPS) is 12.8. The molecule has 2 heteroatoms. The van der Waals surface area contributed by atoms with Gasteiger partial charge in [0.2, 0.25) is 0 Å². The minimum absolute atomic E-state index is 0.151. The van der Waals surface area contributed by atoms with Gasteiger partial charge >= 0.3 is 0 Å². The SMILES string of the molecule is C=C/C=C(\C=C)CN(C)CCC(CO)c1ccc(-c2ccccc2)cc1. The second-order valence-electron chi connectivity index (χ2n) is 6.58. The van der Waals surface area contributed by atoms with Crippen molar-refractivity contribution in [2.24, 2.45) is 0 Å². The van der Waals surface area contributed by atoms with Gasteiger partial charge in [0.15, 0.2) is 0 Å². The van der Waals surface area contributed by atoms with Gasteiger partial charge in [-0.3, -0.25) is 0 Å². The van der Waals surface area contributed by atoms with Crippen LogP contribution in [0.5, 0.6) is 0 Å². The first-order valence-corrected chi connectivity index (χ1v) is 9.06. The second kappa shape index (κ2) is 10.5. The van der Waals surface area contributed by atoms with Crippen LogP contribution in [0.2, 0.25) is 0 Å². The molecule has 0 amide bonds. The molecule has 1 N–H and O–H groups in total. The molecule has 2 nitrogen and oxygen atoms in total.